The number of aromatic nitrogens is 2. The van der Waals surface area contributed by atoms with Crippen molar-refractivity contribution in [3.63, 3.8) is 0 Å². The molecule has 1 amide bonds. The van der Waals surface area contributed by atoms with Gasteiger partial charge in [0.05, 0.1) is 27.7 Å². The second-order valence-electron chi connectivity index (χ2n) is 8.07. The van der Waals surface area contributed by atoms with Gasteiger partial charge in [0.25, 0.3) is 0 Å². The number of hydrogen-bond donors (Lipinski definition) is 1. The second kappa shape index (κ2) is 10.2. The van der Waals surface area contributed by atoms with E-state index in [1.807, 2.05) is 43.3 Å². The van der Waals surface area contributed by atoms with Crippen LogP contribution in [0.25, 0.3) is 27.9 Å². The Labute approximate surface area is 220 Å². The molecule has 0 aliphatic heterocycles. The highest BCUT2D eigenvalue weighted by molar-refractivity contribution is 7.99. The molecule has 9 heteroatoms. The maximum Gasteiger partial charge on any atom is 0.345 e. The summed E-state index contributed by atoms with van der Waals surface area (Å²) in [4.78, 5) is 30.1. The molecule has 0 unspecified atom stereocenters. The van der Waals surface area contributed by atoms with Gasteiger partial charge >= 0.3 is 5.63 Å². The van der Waals surface area contributed by atoms with Crippen molar-refractivity contribution in [2.24, 2.45) is 0 Å². The molecule has 5 aromatic rings. The number of benzene rings is 3. The highest BCUT2D eigenvalue weighted by Crippen LogP contribution is 2.32. The lowest BCUT2D eigenvalue weighted by molar-refractivity contribution is -0.113. The molecule has 0 radical (unpaired) electrons. The minimum absolute atomic E-state index is 0.0991. The number of aryl methyl sites for hydroxylation is 1. The van der Waals surface area contributed by atoms with Gasteiger partial charge in [-0.25, -0.2) is 9.78 Å². The molecule has 3 aromatic carbocycles. The fraction of sp³-hybridized carbons (Fsp3) is 0.0741. The van der Waals surface area contributed by atoms with Crippen LogP contribution in [0.5, 0.6) is 0 Å². The molecule has 0 aliphatic rings. The number of para-hydroxylation sites is 1. The monoisotopic (exact) mass is 535 g/mol. The average molecular weight is 536 g/mol. The number of nitrogens with zero attached hydrogens (tertiary/aromatic N) is 2. The van der Waals surface area contributed by atoms with Crippen LogP contribution in [0.3, 0.4) is 0 Å². The Morgan fingerprint density at radius 3 is 2.69 bits per heavy atom. The van der Waals surface area contributed by atoms with Gasteiger partial charge in [0.1, 0.15) is 5.58 Å². The third kappa shape index (κ3) is 5.18. The van der Waals surface area contributed by atoms with E-state index in [1.54, 1.807) is 47.2 Å². The van der Waals surface area contributed by atoms with Crippen LogP contribution in [-0.2, 0) is 4.79 Å². The molecular weight excluding hydrogens is 517 g/mol. The number of amides is 1. The van der Waals surface area contributed by atoms with Gasteiger partial charge in [-0.1, -0.05) is 65.3 Å². The van der Waals surface area contributed by atoms with Crippen molar-refractivity contribution in [2.75, 3.05) is 11.1 Å². The molecule has 6 nitrogen and oxygen atoms in total. The van der Waals surface area contributed by atoms with E-state index in [9.17, 15) is 9.59 Å². The molecule has 0 saturated carbocycles. The van der Waals surface area contributed by atoms with Crippen molar-refractivity contribution in [1.82, 2.24) is 9.55 Å². The van der Waals surface area contributed by atoms with Crippen LogP contribution in [-0.4, -0.2) is 21.2 Å². The summed E-state index contributed by atoms with van der Waals surface area (Å²) in [6.07, 6.45) is 1.71. The molecule has 0 atom stereocenters. The number of anilines is 1. The van der Waals surface area contributed by atoms with Crippen molar-refractivity contribution in [3.8, 4) is 16.9 Å². The molecule has 0 spiro atoms. The van der Waals surface area contributed by atoms with Crippen molar-refractivity contribution in [1.29, 1.82) is 0 Å². The third-order valence-corrected chi connectivity index (χ3v) is 6.88. The summed E-state index contributed by atoms with van der Waals surface area (Å²) in [5, 5.41) is 5.05. The summed E-state index contributed by atoms with van der Waals surface area (Å²) < 4.78 is 7.24. The maximum atomic E-state index is 12.8. The Morgan fingerprint density at radius 1 is 1.06 bits per heavy atom. The zero-order valence-electron chi connectivity index (χ0n) is 19.0. The van der Waals surface area contributed by atoms with E-state index >= 15 is 0 Å². The van der Waals surface area contributed by atoms with Crippen molar-refractivity contribution >= 4 is 57.5 Å². The Balaban J connectivity index is 1.50. The van der Waals surface area contributed by atoms with Crippen LogP contribution < -0.4 is 10.9 Å². The number of nitrogens with one attached hydrogen (secondary N) is 1. The van der Waals surface area contributed by atoms with Crippen molar-refractivity contribution in [2.45, 2.75) is 12.1 Å². The maximum absolute atomic E-state index is 12.8. The van der Waals surface area contributed by atoms with Gasteiger partial charge in [0.2, 0.25) is 5.91 Å². The zero-order chi connectivity index (χ0) is 25.2. The van der Waals surface area contributed by atoms with Crippen LogP contribution in [0.2, 0.25) is 10.0 Å². The SMILES string of the molecule is Cc1cccc(NC(=O)CSc2nc(-c3cc4ccccc4oc3=O)cn2-c2ccc(Cl)cc2Cl)c1. The molecule has 0 aliphatic carbocycles. The number of fused-ring (bicyclic) bond motifs is 1. The van der Waals surface area contributed by atoms with Crippen LogP contribution in [0.1, 0.15) is 5.56 Å². The predicted molar refractivity (Wildman–Crippen MR) is 146 cm³/mol. The molecular formula is C27H19Cl2N3O3S. The first-order valence-corrected chi connectivity index (χ1v) is 12.7. The second-order valence-corrected chi connectivity index (χ2v) is 9.85. The van der Waals surface area contributed by atoms with Crippen LogP contribution >= 0.6 is 35.0 Å². The van der Waals surface area contributed by atoms with E-state index in [1.165, 1.54) is 11.8 Å². The van der Waals surface area contributed by atoms with Gasteiger partial charge in [-0.2, -0.15) is 0 Å². The highest BCUT2D eigenvalue weighted by atomic mass is 35.5. The van der Waals surface area contributed by atoms with E-state index < -0.39 is 5.63 Å². The lowest BCUT2D eigenvalue weighted by Gasteiger charge is -2.10. The predicted octanol–water partition coefficient (Wildman–Crippen LogP) is 6.99. The molecule has 2 aromatic heterocycles. The summed E-state index contributed by atoms with van der Waals surface area (Å²) in [6.45, 7) is 1.96. The Kier molecular flexibility index (Phi) is 6.87. The van der Waals surface area contributed by atoms with Crippen LogP contribution in [0, 0.1) is 6.92 Å². The van der Waals surface area contributed by atoms with Gasteiger partial charge in [0.15, 0.2) is 5.16 Å². The number of carbonyl (C=O) groups excluding carboxylic acids is 1. The standard InChI is InChI=1S/C27H19Cl2N3O3S/c1-16-5-4-7-19(11-16)30-25(33)15-36-27-31-22(14-32(27)23-10-9-18(28)13-21(23)29)20-12-17-6-2-3-8-24(17)35-26(20)34/h2-14H,15H2,1H3,(H,30,33). The van der Waals surface area contributed by atoms with Gasteiger partial charge in [-0.3, -0.25) is 9.36 Å². The van der Waals surface area contributed by atoms with E-state index in [0.717, 1.165) is 16.6 Å². The molecule has 36 heavy (non-hydrogen) atoms. The highest BCUT2D eigenvalue weighted by Gasteiger charge is 2.18. The van der Waals surface area contributed by atoms with E-state index in [-0.39, 0.29) is 11.7 Å². The number of thioether (sulfide) groups is 1. The summed E-state index contributed by atoms with van der Waals surface area (Å²) in [7, 11) is 0. The number of carbonyl (C=O) groups is 1. The Morgan fingerprint density at radius 2 is 1.89 bits per heavy atom. The summed E-state index contributed by atoms with van der Waals surface area (Å²) in [5.74, 6) is -0.0869. The third-order valence-electron chi connectivity index (χ3n) is 5.39. The van der Waals surface area contributed by atoms with Crippen molar-refractivity contribution < 1.29 is 9.21 Å². The van der Waals surface area contributed by atoms with Crippen molar-refractivity contribution in [3.05, 3.63) is 105 Å². The number of rotatable bonds is 6. The Hall–Kier alpha value is -3.52. The minimum Gasteiger partial charge on any atom is -0.422 e. The normalized spacial score (nSPS) is 11.1. The first-order chi connectivity index (χ1) is 17.4. The molecule has 1 N–H and O–H groups in total. The zero-order valence-corrected chi connectivity index (χ0v) is 21.3. The van der Waals surface area contributed by atoms with Gasteiger partial charge in [-0.05, 0) is 55.0 Å². The Bertz CT molecular complexity index is 1660. The lowest BCUT2D eigenvalue weighted by Crippen LogP contribution is -2.14. The topological polar surface area (TPSA) is 77.1 Å². The molecule has 0 saturated heterocycles. The first-order valence-electron chi connectivity index (χ1n) is 10.9. The van der Waals surface area contributed by atoms with Gasteiger partial charge < -0.3 is 9.73 Å². The molecule has 5 rings (SSSR count). The van der Waals surface area contributed by atoms with Crippen LogP contribution in [0.15, 0.2) is 93.4 Å². The number of halogens is 2. The fourth-order valence-corrected chi connectivity index (χ4v) is 5.02. The molecule has 0 fully saturated rings. The molecule has 180 valence electrons. The van der Waals surface area contributed by atoms with E-state index in [4.69, 9.17) is 27.6 Å². The van der Waals surface area contributed by atoms with Gasteiger partial charge in [0, 0.05) is 22.3 Å². The smallest absolute Gasteiger partial charge is 0.345 e. The lowest BCUT2D eigenvalue weighted by atomic mass is 10.1. The number of hydrogen-bond acceptors (Lipinski definition) is 5. The number of imidazole rings is 1. The fourth-order valence-electron chi connectivity index (χ4n) is 3.73. The van der Waals surface area contributed by atoms with E-state index in [2.05, 4.69) is 10.3 Å². The van der Waals surface area contributed by atoms with Gasteiger partial charge in [-0.15, -0.1) is 0 Å². The summed E-state index contributed by atoms with van der Waals surface area (Å²) in [5.41, 5.74) is 3.09. The van der Waals surface area contributed by atoms with E-state index in [0.29, 0.717) is 37.7 Å². The molecule has 2 heterocycles. The largest absolute Gasteiger partial charge is 0.422 e. The quantitative estimate of drug-likeness (QED) is 0.187. The summed E-state index contributed by atoms with van der Waals surface area (Å²) >= 11 is 13.8. The summed E-state index contributed by atoms with van der Waals surface area (Å²) in [6, 6.07) is 21.7. The first kappa shape index (κ1) is 24.2. The minimum atomic E-state index is -0.505. The molecule has 0 bridgehead atoms. The average Bonchev–Trinajstić information content (AvgIpc) is 3.26. The van der Waals surface area contributed by atoms with Crippen LogP contribution in [0.4, 0.5) is 5.69 Å².